The standard InChI is InChI=1S/C86H132N8O42/c1-45(95)89-70-78(129-57(13)107)74(125-53(9)103)62(41-121-49(5)99)133-83(70)117-35-21-17-27-66(111)87-31-25-33-93(68(113)29-19-23-37-119-85-72(91-47(3)97)80(131-59(15)109)76(127-55(11)105)64(135-85)43-123-51(7)101)39-61(82(115)116)40-94(69(114)30-20-24-38-120-86-73(92-48(4)98)81(132-60(16)110)77(128-56(12)106)65(136-86)44-124-52(8)102)34-26-32-88-67(112)28-18-22-36-118-84-71(90-46(2)96)79(130-58(14)108)75(126-54(10)104)63(134-84)42-122-50(6)100/h61-65,70-81,83-86H,17-44H2,1-16H3,(H,87,111)(H,88,112)(H,89,95)(H,90,96)(H,91,97)(H,92,98)(H,115,116)/t62-,63-,64-,65-,70-,71-,72-,73-,74+,75+,76+,77+,78-,79-,80-,81-,83-,84-,85-,86-/m1/s1. The maximum Gasteiger partial charge on any atom is 0.310 e. The minimum absolute atomic E-state index is 0.00563. The Morgan fingerprint density at radius 2 is 0.493 bits per heavy atom. The zero-order valence-electron chi connectivity index (χ0n) is 79.5. The third-order valence-electron chi connectivity index (χ3n) is 20.4. The third kappa shape index (κ3) is 44.1. The number of nitrogens with one attached hydrogen (secondary N) is 6. The molecule has 768 valence electrons. The van der Waals surface area contributed by atoms with E-state index in [1.54, 1.807) is 0 Å². The number of nitrogens with zero attached hydrogens (tertiary/aromatic N) is 2. The van der Waals surface area contributed by atoms with Gasteiger partial charge in [-0.15, -0.1) is 0 Å². The van der Waals surface area contributed by atoms with Crippen molar-refractivity contribution in [2.24, 2.45) is 5.92 Å². The second kappa shape index (κ2) is 60.9. The van der Waals surface area contributed by atoms with Crippen LogP contribution in [0.2, 0.25) is 0 Å². The number of amides is 8. The second-order valence-corrected chi connectivity index (χ2v) is 32.3. The van der Waals surface area contributed by atoms with Crippen LogP contribution < -0.4 is 31.9 Å². The van der Waals surface area contributed by atoms with Crippen LogP contribution in [0.4, 0.5) is 0 Å². The summed E-state index contributed by atoms with van der Waals surface area (Å²) in [5, 5.41) is 27.1. The molecule has 0 saturated carbocycles. The molecule has 4 rings (SSSR count). The summed E-state index contributed by atoms with van der Waals surface area (Å²) in [6, 6.07) is -5.22. The maximum absolute atomic E-state index is 14.8. The van der Waals surface area contributed by atoms with Crippen molar-refractivity contribution < 1.29 is 201 Å². The van der Waals surface area contributed by atoms with Gasteiger partial charge in [0, 0.05) is 202 Å². The third-order valence-corrected chi connectivity index (χ3v) is 20.4. The van der Waals surface area contributed by atoms with Crippen LogP contribution in [-0.4, -0.2) is 354 Å². The monoisotopic (exact) mass is 1950 g/mol. The van der Waals surface area contributed by atoms with Gasteiger partial charge in [0.1, 0.15) is 75.0 Å². The first kappa shape index (κ1) is 117. The Labute approximate surface area is 785 Å². The molecule has 0 spiro atoms. The number of rotatable bonds is 57. The van der Waals surface area contributed by atoms with Crippen LogP contribution in [0.1, 0.15) is 201 Å². The highest BCUT2D eigenvalue weighted by Gasteiger charge is 2.56. The normalized spacial score (nSPS) is 24.4. The number of carbonyl (C=O) groups is 21. The average Bonchev–Trinajstić information content (AvgIpc) is 0.799. The van der Waals surface area contributed by atoms with Crippen LogP contribution in [-0.2, 0) is 195 Å². The van der Waals surface area contributed by atoms with E-state index in [4.69, 9.17) is 94.7 Å². The first-order valence-electron chi connectivity index (χ1n) is 44.5. The molecule has 7 N–H and O–H groups in total. The van der Waals surface area contributed by atoms with Crippen molar-refractivity contribution in [2.75, 3.05) is 92.1 Å². The summed E-state index contributed by atoms with van der Waals surface area (Å²) in [5.74, 6) is -17.5. The van der Waals surface area contributed by atoms with Crippen LogP contribution >= 0.6 is 0 Å². The van der Waals surface area contributed by atoms with Crippen molar-refractivity contribution in [3.8, 4) is 0 Å². The Balaban J connectivity index is 1.65. The minimum Gasteiger partial charge on any atom is -0.481 e. The Hall–Kier alpha value is -11.4. The van der Waals surface area contributed by atoms with Gasteiger partial charge in [-0.25, -0.2) is 0 Å². The van der Waals surface area contributed by atoms with E-state index in [0.717, 1.165) is 111 Å². The quantitative estimate of drug-likeness (QED) is 0.0212. The molecule has 50 nitrogen and oxygen atoms in total. The maximum atomic E-state index is 14.8. The Morgan fingerprint density at radius 1 is 0.279 bits per heavy atom. The fourth-order valence-corrected chi connectivity index (χ4v) is 14.9. The van der Waals surface area contributed by atoms with E-state index in [1.807, 2.05) is 0 Å². The second-order valence-electron chi connectivity index (χ2n) is 32.3. The van der Waals surface area contributed by atoms with Crippen molar-refractivity contribution in [1.82, 2.24) is 41.7 Å². The van der Waals surface area contributed by atoms with Crippen molar-refractivity contribution in [3.05, 3.63) is 0 Å². The lowest BCUT2D eigenvalue weighted by molar-refractivity contribution is -0.277. The Kier molecular flexibility index (Phi) is 52.3. The van der Waals surface area contributed by atoms with Gasteiger partial charge in [0.05, 0.1) is 5.92 Å². The summed E-state index contributed by atoms with van der Waals surface area (Å²) in [6.07, 6.45) is -22.2. The summed E-state index contributed by atoms with van der Waals surface area (Å²) < 4.78 is 113. The average molecular weight is 1950 g/mol. The zero-order valence-corrected chi connectivity index (χ0v) is 79.5. The zero-order chi connectivity index (χ0) is 102. The van der Waals surface area contributed by atoms with Crippen molar-refractivity contribution in [1.29, 1.82) is 0 Å². The number of unbranched alkanes of at least 4 members (excludes halogenated alkanes) is 4. The van der Waals surface area contributed by atoms with E-state index in [-0.39, 0.29) is 142 Å². The molecule has 0 bridgehead atoms. The summed E-state index contributed by atoms with van der Waals surface area (Å²) in [5.41, 5.74) is 0. The van der Waals surface area contributed by atoms with Gasteiger partial charge >= 0.3 is 77.6 Å². The first-order chi connectivity index (χ1) is 64.1. The highest BCUT2D eigenvalue weighted by atomic mass is 16.7. The van der Waals surface area contributed by atoms with Gasteiger partial charge in [0.15, 0.2) is 74.0 Å². The molecule has 4 aliphatic rings. The molecule has 8 amide bonds. The summed E-state index contributed by atoms with van der Waals surface area (Å²) in [6.45, 7) is 13.1. The summed E-state index contributed by atoms with van der Waals surface area (Å²) >= 11 is 0. The number of hydrogen-bond acceptors (Lipinski definition) is 41. The fourth-order valence-electron chi connectivity index (χ4n) is 14.9. The molecule has 4 aliphatic heterocycles. The number of esters is 12. The molecular weight excluding hydrogens is 1820 g/mol. The lowest BCUT2D eigenvalue weighted by Crippen LogP contribution is -2.66. The molecule has 0 aromatic heterocycles. The molecule has 20 atom stereocenters. The van der Waals surface area contributed by atoms with Gasteiger partial charge in [0.25, 0.3) is 0 Å². The molecule has 0 aliphatic carbocycles. The number of aliphatic carboxylic acids is 1. The number of carbonyl (C=O) groups excluding carboxylic acids is 20. The van der Waals surface area contributed by atoms with E-state index in [0.29, 0.717) is 0 Å². The molecule has 0 radical (unpaired) electrons. The number of hydrogen-bond donors (Lipinski definition) is 7. The van der Waals surface area contributed by atoms with E-state index in [9.17, 15) is 106 Å². The lowest BCUT2D eigenvalue weighted by atomic mass is 9.96. The molecule has 4 saturated heterocycles. The fraction of sp³-hybridized carbons (Fsp3) is 0.756. The lowest BCUT2D eigenvalue weighted by Gasteiger charge is -2.44. The predicted molar refractivity (Wildman–Crippen MR) is 455 cm³/mol. The molecule has 0 aromatic carbocycles. The van der Waals surface area contributed by atoms with Gasteiger partial charge in [-0.2, -0.15) is 0 Å². The highest BCUT2D eigenvalue weighted by molar-refractivity contribution is 5.81. The molecular formula is C86H132N8O42. The predicted octanol–water partition coefficient (Wildman–Crippen LogP) is -1.27. The topological polar surface area (TPSA) is 642 Å². The van der Waals surface area contributed by atoms with Crippen molar-refractivity contribution in [3.63, 3.8) is 0 Å². The van der Waals surface area contributed by atoms with Crippen LogP contribution in [0.15, 0.2) is 0 Å². The van der Waals surface area contributed by atoms with Crippen molar-refractivity contribution in [2.45, 2.75) is 323 Å². The Bertz CT molecular complexity index is 3800. The van der Waals surface area contributed by atoms with Gasteiger partial charge in [0.2, 0.25) is 47.3 Å². The van der Waals surface area contributed by atoms with Gasteiger partial charge in [-0.05, 0) is 64.2 Å². The number of carboxylic acid groups (broad SMARTS) is 1. The summed E-state index contributed by atoms with van der Waals surface area (Å²) in [4.78, 5) is 270. The molecule has 50 heteroatoms. The van der Waals surface area contributed by atoms with Gasteiger partial charge in [-0.3, -0.25) is 101 Å². The Morgan fingerprint density at radius 3 is 0.691 bits per heavy atom. The van der Waals surface area contributed by atoms with Crippen LogP contribution in [0.5, 0.6) is 0 Å². The van der Waals surface area contributed by atoms with E-state index >= 15 is 0 Å². The number of ether oxygens (including phenoxy) is 20. The largest absolute Gasteiger partial charge is 0.481 e. The van der Waals surface area contributed by atoms with Crippen molar-refractivity contribution >= 4 is 125 Å². The number of carboxylic acids is 1. The smallest absolute Gasteiger partial charge is 0.310 e. The molecule has 136 heavy (non-hydrogen) atoms. The first-order valence-corrected chi connectivity index (χ1v) is 44.5. The summed E-state index contributed by atoms with van der Waals surface area (Å²) in [7, 11) is 0. The molecule has 4 fully saturated rings. The minimum atomic E-state index is -1.57. The van der Waals surface area contributed by atoms with Gasteiger partial charge in [-0.1, -0.05) is 0 Å². The molecule has 0 unspecified atom stereocenters. The SMILES string of the molecule is CC(=O)N[C@H]1[C@H](OCCCCC(=O)NCCCN(CC(CN(CCCNC(=O)CCCCO[C@@H]2O[C@H](COC(C)=O)[C@H](OC(C)=O)[C@H](OC(C)=O)[C@H]2NC(C)=O)C(=O)CCCCO[C@@H]2O[C@H](COC(C)=O)[C@H](OC(C)=O)[C@H](OC(C)=O)[C@H]2NC(C)=O)C(=O)O)C(=O)CCCCO[C@@H]2O[C@H](COC(C)=O)[C@H](OC(C)=O)[C@H](OC(C)=O)[C@H]2NC(C)=O)O[C@H](COC(C)=O)[C@H](OC(C)=O)[C@@H]1OC(C)=O. The highest BCUT2D eigenvalue weighted by Crippen LogP contribution is 2.34. The van der Waals surface area contributed by atoms with Gasteiger partial charge < -0.3 is 142 Å². The van der Waals surface area contributed by atoms with E-state index in [2.05, 4.69) is 31.9 Å². The molecule has 0 aromatic rings. The molecule has 4 heterocycles. The van der Waals surface area contributed by atoms with Crippen LogP contribution in [0.25, 0.3) is 0 Å². The van der Waals surface area contributed by atoms with E-state index < -0.39 is 293 Å². The van der Waals surface area contributed by atoms with Crippen LogP contribution in [0.3, 0.4) is 0 Å². The van der Waals surface area contributed by atoms with Crippen LogP contribution in [0, 0.1) is 5.92 Å². The van der Waals surface area contributed by atoms with E-state index in [1.165, 1.54) is 9.80 Å².